The van der Waals surface area contributed by atoms with Crippen LogP contribution in [0.25, 0.3) is 0 Å². The van der Waals surface area contributed by atoms with Gasteiger partial charge in [0.25, 0.3) is 0 Å². The van der Waals surface area contributed by atoms with Crippen LogP contribution in [0.2, 0.25) is 0 Å². The summed E-state index contributed by atoms with van der Waals surface area (Å²) in [5.74, 6) is 0.855. The Morgan fingerprint density at radius 2 is 2.05 bits per heavy atom. The maximum atomic E-state index is 11.7. The molecule has 0 aromatic heterocycles. The van der Waals surface area contributed by atoms with Crippen LogP contribution in [0, 0.1) is 0 Å². The van der Waals surface area contributed by atoms with Gasteiger partial charge in [0.2, 0.25) is 0 Å². The molecule has 1 rings (SSSR count). The molecule has 0 aromatic carbocycles. The normalized spacial score (nSPS) is 24.5. The SMILES string of the molecule is CSCC[C@@H](NC(=O)NC1CCS(=O)CC1)C(=O)O. The largest absolute Gasteiger partial charge is 0.480 e. The highest BCUT2D eigenvalue weighted by atomic mass is 32.2. The molecule has 3 N–H and O–H groups in total. The highest BCUT2D eigenvalue weighted by Crippen LogP contribution is 2.09. The van der Waals surface area contributed by atoms with E-state index in [0.717, 1.165) is 0 Å². The molecule has 1 aliphatic heterocycles. The van der Waals surface area contributed by atoms with Gasteiger partial charge in [-0.15, -0.1) is 0 Å². The molecule has 1 fully saturated rings. The van der Waals surface area contributed by atoms with E-state index >= 15 is 0 Å². The van der Waals surface area contributed by atoms with Gasteiger partial charge in [0.1, 0.15) is 6.04 Å². The molecule has 2 amide bonds. The van der Waals surface area contributed by atoms with E-state index in [2.05, 4.69) is 10.6 Å². The molecule has 0 bridgehead atoms. The number of aliphatic carboxylic acids is 1. The van der Waals surface area contributed by atoms with E-state index in [1.165, 1.54) is 0 Å². The van der Waals surface area contributed by atoms with E-state index < -0.39 is 28.8 Å². The van der Waals surface area contributed by atoms with Crippen molar-refractivity contribution < 1.29 is 18.9 Å². The number of hydrogen-bond donors (Lipinski definition) is 3. The molecule has 0 unspecified atom stereocenters. The topological polar surface area (TPSA) is 95.5 Å². The van der Waals surface area contributed by atoms with Gasteiger partial charge >= 0.3 is 12.0 Å². The summed E-state index contributed by atoms with van der Waals surface area (Å²) in [6.07, 6.45) is 3.66. The van der Waals surface area contributed by atoms with Crippen LogP contribution >= 0.6 is 11.8 Å². The first-order chi connectivity index (χ1) is 9.02. The van der Waals surface area contributed by atoms with Crippen LogP contribution in [0.4, 0.5) is 4.79 Å². The van der Waals surface area contributed by atoms with Crippen molar-refractivity contribution in [1.82, 2.24) is 10.6 Å². The number of nitrogens with one attached hydrogen (secondary N) is 2. The predicted molar refractivity (Wildman–Crippen MR) is 77.0 cm³/mol. The van der Waals surface area contributed by atoms with E-state index in [-0.39, 0.29) is 6.04 Å². The third kappa shape index (κ3) is 6.29. The average molecular weight is 308 g/mol. The molecule has 0 spiro atoms. The van der Waals surface area contributed by atoms with Crippen LogP contribution in [0.5, 0.6) is 0 Å². The highest BCUT2D eigenvalue weighted by molar-refractivity contribution is 7.98. The monoisotopic (exact) mass is 308 g/mol. The number of carboxylic acids is 1. The summed E-state index contributed by atoms with van der Waals surface area (Å²) in [6.45, 7) is 0. The molecule has 1 heterocycles. The van der Waals surface area contributed by atoms with E-state index in [1.807, 2.05) is 6.26 Å². The number of carboxylic acid groups (broad SMARTS) is 1. The molecule has 0 aromatic rings. The molecule has 1 aliphatic rings. The third-order valence-corrected chi connectivity index (χ3v) is 4.96. The van der Waals surface area contributed by atoms with Crippen LogP contribution in [0.15, 0.2) is 0 Å². The third-order valence-electron chi connectivity index (χ3n) is 2.94. The smallest absolute Gasteiger partial charge is 0.326 e. The van der Waals surface area contributed by atoms with Crippen molar-refractivity contribution in [3.8, 4) is 0 Å². The standard InChI is InChI=1S/C11H20N2O4S2/c1-18-5-2-9(10(14)15)13-11(16)12-8-3-6-19(17)7-4-8/h8-9H,2-7H2,1H3,(H,14,15)(H2,12,13,16)/t8?,9-,19?/m1/s1. The molecule has 1 atom stereocenters. The Bertz CT molecular complexity index is 342. The summed E-state index contributed by atoms with van der Waals surface area (Å²) in [4.78, 5) is 22.7. The summed E-state index contributed by atoms with van der Waals surface area (Å²) in [6, 6.07) is -1.32. The van der Waals surface area contributed by atoms with Crippen molar-refractivity contribution in [2.75, 3.05) is 23.5 Å². The molecule has 8 heteroatoms. The maximum absolute atomic E-state index is 11.7. The zero-order chi connectivity index (χ0) is 14.3. The van der Waals surface area contributed by atoms with Gasteiger partial charge in [0.15, 0.2) is 0 Å². The quantitative estimate of drug-likeness (QED) is 0.660. The minimum atomic E-state index is -1.02. The highest BCUT2D eigenvalue weighted by Gasteiger charge is 2.23. The first-order valence-electron chi connectivity index (χ1n) is 6.16. The Labute approximate surface area is 119 Å². The molecular weight excluding hydrogens is 288 g/mol. The number of carbonyl (C=O) groups is 2. The lowest BCUT2D eigenvalue weighted by Crippen LogP contribution is -2.50. The number of hydrogen-bond acceptors (Lipinski definition) is 4. The average Bonchev–Trinajstić information content (AvgIpc) is 2.37. The zero-order valence-electron chi connectivity index (χ0n) is 10.9. The lowest BCUT2D eigenvalue weighted by atomic mass is 10.1. The molecular formula is C11H20N2O4S2. The van der Waals surface area contributed by atoms with Crippen molar-refractivity contribution in [3.63, 3.8) is 0 Å². The fourth-order valence-corrected chi connectivity index (χ4v) is 3.59. The number of rotatable bonds is 6. The van der Waals surface area contributed by atoms with Gasteiger partial charge in [-0.05, 0) is 31.3 Å². The molecule has 110 valence electrons. The Balaban J connectivity index is 2.35. The molecule has 0 saturated carbocycles. The van der Waals surface area contributed by atoms with Gasteiger partial charge in [-0.3, -0.25) is 4.21 Å². The molecule has 0 aliphatic carbocycles. The fraction of sp³-hybridized carbons (Fsp3) is 0.818. The first-order valence-corrected chi connectivity index (χ1v) is 9.05. The number of amides is 2. The van der Waals surface area contributed by atoms with Crippen LogP contribution < -0.4 is 10.6 Å². The summed E-state index contributed by atoms with van der Waals surface area (Å²) >= 11 is 1.54. The van der Waals surface area contributed by atoms with Crippen molar-refractivity contribution >= 4 is 34.6 Å². The van der Waals surface area contributed by atoms with Crippen LogP contribution in [0.1, 0.15) is 19.3 Å². The van der Waals surface area contributed by atoms with Gasteiger partial charge in [-0.1, -0.05) is 0 Å². The molecule has 19 heavy (non-hydrogen) atoms. The second kappa shape index (κ2) is 8.42. The number of thioether (sulfide) groups is 1. The van der Waals surface area contributed by atoms with Crippen LogP contribution in [-0.2, 0) is 15.6 Å². The Kier molecular flexibility index (Phi) is 7.22. The van der Waals surface area contributed by atoms with Crippen LogP contribution in [-0.4, -0.2) is 56.9 Å². The number of urea groups is 1. The zero-order valence-corrected chi connectivity index (χ0v) is 12.5. The molecule has 0 radical (unpaired) electrons. The van der Waals surface area contributed by atoms with Gasteiger partial charge in [0, 0.05) is 28.3 Å². The first kappa shape index (κ1) is 16.3. The van der Waals surface area contributed by atoms with E-state index in [4.69, 9.17) is 5.11 Å². The van der Waals surface area contributed by atoms with Crippen molar-refractivity contribution in [1.29, 1.82) is 0 Å². The van der Waals surface area contributed by atoms with E-state index in [9.17, 15) is 13.8 Å². The number of carbonyl (C=O) groups excluding carboxylic acids is 1. The lowest BCUT2D eigenvalue weighted by molar-refractivity contribution is -0.139. The fourth-order valence-electron chi connectivity index (χ4n) is 1.82. The minimum absolute atomic E-state index is 0.00676. The maximum Gasteiger partial charge on any atom is 0.326 e. The van der Waals surface area contributed by atoms with Gasteiger partial charge in [-0.2, -0.15) is 11.8 Å². The Morgan fingerprint density at radius 1 is 1.42 bits per heavy atom. The van der Waals surface area contributed by atoms with Crippen LogP contribution in [0.3, 0.4) is 0 Å². The van der Waals surface area contributed by atoms with Crippen molar-refractivity contribution in [2.24, 2.45) is 0 Å². The summed E-state index contributed by atoms with van der Waals surface area (Å²) in [5, 5.41) is 14.2. The molecule has 1 saturated heterocycles. The lowest BCUT2D eigenvalue weighted by Gasteiger charge is -2.23. The van der Waals surface area contributed by atoms with Crippen molar-refractivity contribution in [3.05, 3.63) is 0 Å². The summed E-state index contributed by atoms with van der Waals surface area (Å²) in [7, 11) is -0.767. The second-order valence-corrected chi connectivity index (χ2v) is 7.09. The second-order valence-electron chi connectivity index (χ2n) is 4.41. The predicted octanol–water partition coefficient (Wildman–Crippen LogP) is 0.403. The summed E-state index contributed by atoms with van der Waals surface area (Å²) < 4.78 is 11.2. The summed E-state index contributed by atoms with van der Waals surface area (Å²) in [5.41, 5.74) is 0. The van der Waals surface area contributed by atoms with Crippen molar-refractivity contribution in [2.45, 2.75) is 31.3 Å². The molecule has 6 nitrogen and oxygen atoms in total. The van der Waals surface area contributed by atoms with Gasteiger partial charge in [-0.25, -0.2) is 9.59 Å². The Hall–Kier alpha value is -0.760. The van der Waals surface area contributed by atoms with Gasteiger partial charge in [0.05, 0.1) is 0 Å². The Morgan fingerprint density at radius 3 is 2.58 bits per heavy atom. The minimum Gasteiger partial charge on any atom is -0.480 e. The van der Waals surface area contributed by atoms with Gasteiger partial charge < -0.3 is 15.7 Å². The van der Waals surface area contributed by atoms with E-state index in [0.29, 0.717) is 36.5 Å². The van der Waals surface area contributed by atoms with E-state index in [1.54, 1.807) is 11.8 Å².